The number of carbonyl (C=O) groups is 1. The van der Waals surface area contributed by atoms with Crippen LogP contribution in [0.3, 0.4) is 0 Å². The number of rotatable bonds is 9. The van der Waals surface area contributed by atoms with E-state index in [4.69, 9.17) is 4.74 Å². The predicted molar refractivity (Wildman–Crippen MR) is 225 cm³/mol. The maximum absolute atomic E-state index is 12.9. The van der Waals surface area contributed by atoms with Gasteiger partial charge in [0, 0.05) is 13.5 Å². The quantitative estimate of drug-likeness (QED) is 0.177. The molecule has 8 nitrogen and oxygen atoms in total. The lowest BCUT2D eigenvalue weighted by Crippen LogP contribution is -2.37. The average Bonchev–Trinajstić information content (AvgIpc) is 3.67. The van der Waals surface area contributed by atoms with Crippen LogP contribution < -0.4 is 10.1 Å². The number of aromatic nitrogens is 3. The normalized spacial score (nSPS) is 21.1. The van der Waals surface area contributed by atoms with Crippen molar-refractivity contribution in [1.29, 1.82) is 0 Å². The Morgan fingerprint density at radius 1 is 1.02 bits per heavy atom. The molecule has 292 valence electrons. The average molecular weight is 746 g/mol. The summed E-state index contributed by atoms with van der Waals surface area (Å²) in [5.74, 6) is 2.19. The van der Waals surface area contributed by atoms with E-state index in [0.29, 0.717) is 17.1 Å². The number of nitrogens with one attached hydrogen (secondary N) is 1. The van der Waals surface area contributed by atoms with Gasteiger partial charge in [-0.15, -0.1) is 10.2 Å². The first-order valence-corrected chi connectivity index (χ1v) is 22.2. The Balaban J connectivity index is 0.000000651. The number of amides is 1. The van der Waals surface area contributed by atoms with Gasteiger partial charge in [-0.25, -0.2) is 10.0 Å². The molecule has 0 radical (unpaired) electrons. The number of anilines is 1. The Bertz CT molecular complexity index is 1860. The van der Waals surface area contributed by atoms with Crippen LogP contribution >= 0.6 is 10.0 Å². The maximum atomic E-state index is 12.9. The van der Waals surface area contributed by atoms with E-state index in [-0.39, 0.29) is 41.0 Å². The molecule has 1 aliphatic heterocycles. The highest BCUT2D eigenvalue weighted by Crippen LogP contribution is 2.49. The fraction of sp³-hybridized carbons (Fsp3) is 0.568. The number of carbonyl (C=O) groups excluding carboxylic acids is 1. The van der Waals surface area contributed by atoms with Crippen molar-refractivity contribution >= 4 is 27.3 Å². The molecule has 2 aromatic heterocycles. The van der Waals surface area contributed by atoms with Gasteiger partial charge in [-0.05, 0) is 140 Å². The van der Waals surface area contributed by atoms with Crippen molar-refractivity contribution in [3.8, 4) is 5.75 Å². The van der Waals surface area contributed by atoms with Crippen molar-refractivity contribution < 1.29 is 16.1 Å². The van der Waals surface area contributed by atoms with E-state index in [1.165, 1.54) is 11.1 Å². The monoisotopic (exact) mass is 745 g/mol. The lowest BCUT2D eigenvalue weighted by molar-refractivity contribution is -0.116. The summed E-state index contributed by atoms with van der Waals surface area (Å²) in [5.41, 5.74) is 5.84. The summed E-state index contributed by atoms with van der Waals surface area (Å²) in [6.07, 6.45) is 15.4. The van der Waals surface area contributed by atoms with Crippen LogP contribution in [0.15, 0.2) is 60.8 Å². The minimum absolute atomic E-state index is 0. The zero-order chi connectivity index (χ0) is 38.8. The summed E-state index contributed by atoms with van der Waals surface area (Å²) >= 11 is 0. The second-order valence-corrected chi connectivity index (χ2v) is 23.0. The number of ether oxygens (including phenoxy) is 1. The molecular formula is C44H67N5O3S. The standard InChI is InChI=1S/C37H47N5O3.C7H18S.H2/c1-36(2,3)27-20-25(24-43)21-28(22-27)38-34(44)13-8-10-26-14-16-32(31-12-7-6-11-30(26)31)45-29-15-17-33-39-40-35(42(33)23-29)37(4)18-9-19-41(37)5;1-7(2,3)8(4,5)6;/h6-7,11-12,15,17,20-23,26,32,43H,8-10,13-14,16,18-19,24H2,1-5H3,(H,38,44);1-6H3;1H/t26-,32+,37-;;/m0../s1. The molecule has 0 saturated carbocycles. The zero-order valence-corrected chi connectivity index (χ0v) is 35.1. The first-order chi connectivity index (χ1) is 24.8. The lowest BCUT2D eigenvalue weighted by Gasteiger charge is -2.40. The maximum Gasteiger partial charge on any atom is 0.224 e. The summed E-state index contributed by atoms with van der Waals surface area (Å²) in [6, 6.07) is 18.5. The van der Waals surface area contributed by atoms with Crippen LogP contribution in [0, 0.1) is 0 Å². The number of likely N-dealkylation sites (tertiary alicyclic amines) is 1. The lowest BCUT2D eigenvalue weighted by atomic mass is 9.79. The van der Waals surface area contributed by atoms with E-state index < -0.39 is 0 Å². The van der Waals surface area contributed by atoms with Crippen molar-refractivity contribution in [2.45, 2.75) is 128 Å². The van der Waals surface area contributed by atoms with Gasteiger partial charge in [-0.1, -0.05) is 71.9 Å². The molecule has 1 saturated heterocycles. The third kappa shape index (κ3) is 9.65. The van der Waals surface area contributed by atoms with Gasteiger partial charge in [-0.2, -0.15) is 0 Å². The fourth-order valence-corrected chi connectivity index (χ4v) is 7.14. The number of aliphatic hydroxyl groups is 1. The number of hydrogen-bond acceptors (Lipinski definition) is 6. The number of fused-ring (bicyclic) bond motifs is 2. The molecule has 3 atom stereocenters. The first-order valence-electron chi connectivity index (χ1n) is 19.4. The number of aliphatic hydroxyl groups excluding tert-OH is 1. The Kier molecular flexibility index (Phi) is 12.4. The number of pyridine rings is 1. The van der Waals surface area contributed by atoms with E-state index in [2.05, 4.69) is 130 Å². The minimum atomic E-state index is -0.340. The second kappa shape index (κ2) is 16.1. The molecule has 1 aliphatic carbocycles. The highest BCUT2D eigenvalue weighted by Gasteiger charge is 2.40. The van der Waals surface area contributed by atoms with Gasteiger partial charge < -0.3 is 15.2 Å². The van der Waals surface area contributed by atoms with Gasteiger partial charge in [0.2, 0.25) is 5.91 Å². The van der Waals surface area contributed by atoms with Gasteiger partial charge in [-0.3, -0.25) is 14.1 Å². The van der Waals surface area contributed by atoms with Crippen molar-refractivity contribution in [1.82, 2.24) is 19.5 Å². The van der Waals surface area contributed by atoms with Gasteiger partial charge in [0.25, 0.3) is 0 Å². The zero-order valence-electron chi connectivity index (χ0n) is 34.3. The Labute approximate surface area is 321 Å². The number of benzene rings is 2. The fourth-order valence-electron chi connectivity index (χ4n) is 7.14. The predicted octanol–water partition coefficient (Wildman–Crippen LogP) is 9.99. The summed E-state index contributed by atoms with van der Waals surface area (Å²) in [7, 11) is 1.82. The van der Waals surface area contributed by atoms with E-state index >= 15 is 0 Å². The Hall–Kier alpha value is -3.40. The summed E-state index contributed by atoms with van der Waals surface area (Å²) in [4.78, 5) is 15.3. The van der Waals surface area contributed by atoms with Crippen molar-refractivity contribution in [2.75, 3.05) is 37.7 Å². The van der Waals surface area contributed by atoms with Gasteiger partial charge in [0.15, 0.2) is 11.5 Å². The Morgan fingerprint density at radius 3 is 2.34 bits per heavy atom. The summed E-state index contributed by atoms with van der Waals surface area (Å²) < 4.78 is 9.30. The Morgan fingerprint density at radius 2 is 1.72 bits per heavy atom. The molecule has 0 bridgehead atoms. The van der Waals surface area contributed by atoms with Crippen LogP contribution in [-0.2, 0) is 22.4 Å². The van der Waals surface area contributed by atoms with E-state index in [1.807, 2.05) is 30.3 Å². The molecule has 1 fully saturated rings. The molecule has 6 rings (SSSR count). The van der Waals surface area contributed by atoms with Crippen LogP contribution in [0.5, 0.6) is 5.75 Å². The molecule has 9 heteroatoms. The molecule has 3 heterocycles. The summed E-state index contributed by atoms with van der Waals surface area (Å²) in [5, 5.41) is 21.9. The molecule has 0 spiro atoms. The highest BCUT2D eigenvalue weighted by molar-refractivity contribution is 8.33. The van der Waals surface area contributed by atoms with E-state index in [0.717, 1.165) is 79.1 Å². The number of hydrogen-bond donors (Lipinski definition) is 2. The molecule has 1 amide bonds. The third-order valence-corrected chi connectivity index (χ3v) is 15.5. The van der Waals surface area contributed by atoms with Gasteiger partial charge >= 0.3 is 0 Å². The van der Waals surface area contributed by atoms with Gasteiger partial charge in [0.1, 0.15) is 11.9 Å². The highest BCUT2D eigenvalue weighted by atomic mass is 32.3. The smallest absolute Gasteiger partial charge is 0.224 e. The second-order valence-electron chi connectivity index (χ2n) is 18.1. The van der Waals surface area contributed by atoms with Crippen LogP contribution in [0.2, 0.25) is 0 Å². The minimum Gasteiger partial charge on any atom is -0.484 e. The summed E-state index contributed by atoms with van der Waals surface area (Å²) in [6.45, 7) is 16.6. The van der Waals surface area contributed by atoms with Crippen molar-refractivity contribution in [2.24, 2.45) is 0 Å². The largest absolute Gasteiger partial charge is 0.484 e. The molecule has 2 N–H and O–H groups in total. The molecule has 2 aromatic carbocycles. The third-order valence-electron chi connectivity index (χ3n) is 11.8. The van der Waals surface area contributed by atoms with Crippen LogP contribution in [0.25, 0.3) is 5.65 Å². The molecular weight excluding hydrogens is 679 g/mol. The molecule has 0 unspecified atom stereocenters. The molecule has 53 heavy (non-hydrogen) atoms. The van der Waals surface area contributed by atoms with Crippen LogP contribution in [0.1, 0.15) is 135 Å². The first kappa shape index (κ1) is 40.8. The van der Waals surface area contributed by atoms with E-state index in [1.54, 1.807) is 0 Å². The number of nitrogens with zero attached hydrogens (tertiary/aromatic N) is 4. The van der Waals surface area contributed by atoms with Crippen molar-refractivity contribution in [3.63, 3.8) is 0 Å². The van der Waals surface area contributed by atoms with Gasteiger partial charge in [0.05, 0.1) is 18.3 Å². The van der Waals surface area contributed by atoms with E-state index in [9.17, 15) is 9.90 Å². The SMILES string of the molecule is CC(C)(C)S(C)(C)C.CN1CCC[C@@]1(C)c1nnc2ccc(O[C@@H]3CC[C@H](CCCC(=O)Nc4cc(CO)cc(C(C)(C)C)c4)c4ccccc43)cn12.[HH]. The van der Waals surface area contributed by atoms with Crippen LogP contribution in [-0.4, -0.2) is 67.6 Å². The van der Waals surface area contributed by atoms with Crippen LogP contribution in [0.4, 0.5) is 5.69 Å². The van der Waals surface area contributed by atoms with Crippen molar-refractivity contribution in [3.05, 3.63) is 88.9 Å². The molecule has 4 aromatic rings. The topological polar surface area (TPSA) is 92.0 Å². The molecule has 2 aliphatic rings.